The first kappa shape index (κ1) is 9.20. The molecule has 2 N–H and O–H groups in total. The minimum Gasteiger partial charge on any atom is -0.389 e. The normalized spacial score (nSPS) is 10.7. The Morgan fingerprint density at radius 3 is 2.75 bits per heavy atom. The third kappa shape index (κ3) is 1.11. The van der Waals surface area contributed by atoms with E-state index in [-0.39, 0.29) is 0 Å². The van der Waals surface area contributed by atoms with Crippen LogP contribution in [0.4, 0.5) is 5.00 Å². The second-order valence-electron chi connectivity index (χ2n) is 3.61. The summed E-state index contributed by atoms with van der Waals surface area (Å²) in [5.74, 6) is 0. The zero-order chi connectivity index (χ0) is 11.1. The predicted octanol–water partition coefficient (Wildman–Crippen LogP) is 3.51. The summed E-state index contributed by atoms with van der Waals surface area (Å²) in [5, 5.41) is 13.0. The number of benzene rings is 2. The molecule has 0 radical (unpaired) electrons. The molecule has 0 bridgehead atoms. The Morgan fingerprint density at radius 2 is 1.94 bits per heavy atom. The Hall–Kier alpha value is -2.05. The summed E-state index contributed by atoms with van der Waals surface area (Å²) in [6.45, 7) is 0. The first-order valence-corrected chi connectivity index (χ1v) is 5.73. The van der Waals surface area contributed by atoms with Gasteiger partial charge in [0.2, 0.25) is 0 Å². The average molecular weight is 224 g/mol. The number of hydrogen-bond donors (Lipinski definition) is 1. The fourth-order valence-electron chi connectivity index (χ4n) is 2.00. The number of thiophene rings is 1. The van der Waals surface area contributed by atoms with Gasteiger partial charge in [0.15, 0.2) is 0 Å². The highest BCUT2D eigenvalue weighted by Gasteiger charge is 2.11. The van der Waals surface area contributed by atoms with Gasteiger partial charge in [0.25, 0.3) is 0 Å². The molecule has 2 nitrogen and oxygen atoms in total. The fraction of sp³-hybridized carbons (Fsp3) is 0. The number of hydrogen-bond acceptors (Lipinski definition) is 3. The topological polar surface area (TPSA) is 49.8 Å². The Bertz CT molecular complexity index is 735. The summed E-state index contributed by atoms with van der Waals surface area (Å²) in [4.78, 5) is 0. The van der Waals surface area contributed by atoms with Gasteiger partial charge in [-0.2, -0.15) is 5.26 Å². The third-order valence-corrected chi connectivity index (χ3v) is 3.70. The van der Waals surface area contributed by atoms with Crippen LogP contribution in [0.3, 0.4) is 0 Å². The Balaban J connectivity index is 2.64. The van der Waals surface area contributed by atoms with Crippen molar-refractivity contribution in [2.24, 2.45) is 0 Å². The van der Waals surface area contributed by atoms with Gasteiger partial charge >= 0.3 is 0 Å². The van der Waals surface area contributed by atoms with E-state index in [1.807, 2.05) is 30.3 Å². The monoisotopic (exact) mass is 224 g/mol. The second-order valence-corrected chi connectivity index (χ2v) is 4.70. The van der Waals surface area contributed by atoms with E-state index in [0.717, 1.165) is 20.9 Å². The lowest BCUT2D eigenvalue weighted by Crippen LogP contribution is -1.82. The lowest BCUT2D eigenvalue weighted by atomic mass is 10.0. The van der Waals surface area contributed by atoms with Gasteiger partial charge in [-0.3, -0.25) is 0 Å². The molecule has 0 fully saturated rings. The van der Waals surface area contributed by atoms with Crippen molar-refractivity contribution in [3.05, 3.63) is 42.0 Å². The number of rotatable bonds is 0. The number of nitrogens with zero attached hydrogens (tertiary/aromatic N) is 1. The molecule has 0 atom stereocenters. The second kappa shape index (κ2) is 3.22. The lowest BCUT2D eigenvalue weighted by Gasteiger charge is -1.99. The van der Waals surface area contributed by atoms with Gasteiger partial charge in [-0.15, -0.1) is 11.3 Å². The molecule has 0 aliphatic heterocycles. The molecule has 76 valence electrons. The zero-order valence-corrected chi connectivity index (χ0v) is 9.21. The number of nitrogens with two attached hydrogens (primary N) is 1. The Labute approximate surface area is 96.5 Å². The van der Waals surface area contributed by atoms with Crippen LogP contribution < -0.4 is 5.73 Å². The van der Waals surface area contributed by atoms with Gasteiger partial charge in [-0.05, 0) is 16.8 Å². The number of anilines is 1. The van der Waals surface area contributed by atoms with Crippen LogP contribution in [0.2, 0.25) is 0 Å². The Kier molecular flexibility index (Phi) is 1.85. The maximum absolute atomic E-state index is 9.14. The van der Waals surface area contributed by atoms with Crippen molar-refractivity contribution < 1.29 is 0 Å². The van der Waals surface area contributed by atoms with Gasteiger partial charge in [0, 0.05) is 10.1 Å². The molecular weight excluding hydrogens is 216 g/mol. The molecule has 0 amide bonds. The van der Waals surface area contributed by atoms with Crippen LogP contribution in [0, 0.1) is 11.3 Å². The van der Waals surface area contributed by atoms with Crippen molar-refractivity contribution in [3.63, 3.8) is 0 Å². The van der Waals surface area contributed by atoms with Gasteiger partial charge < -0.3 is 5.73 Å². The summed E-state index contributed by atoms with van der Waals surface area (Å²) in [6, 6.07) is 14.3. The third-order valence-electron chi connectivity index (χ3n) is 2.72. The standard InChI is InChI=1S/C13H8N2S/c14-7-10-12-9-4-2-1-3-8(9)5-6-11(12)16-13(10)15/h1-6H,15H2. The van der Waals surface area contributed by atoms with E-state index in [0.29, 0.717) is 10.6 Å². The molecule has 0 saturated heterocycles. The Morgan fingerprint density at radius 1 is 1.12 bits per heavy atom. The molecule has 0 aliphatic carbocycles. The number of fused-ring (bicyclic) bond motifs is 3. The van der Waals surface area contributed by atoms with Crippen molar-refractivity contribution in [1.82, 2.24) is 0 Å². The minimum atomic E-state index is 0.605. The van der Waals surface area contributed by atoms with E-state index in [1.54, 1.807) is 0 Å². The molecule has 3 aromatic rings. The summed E-state index contributed by atoms with van der Waals surface area (Å²) >= 11 is 1.47. The van der Waals surface area contributed by atoms with E-state index >= 15 is 0 Å². The molecule has 0 spiro atoms. The van der Waals surface area contributed by atoms with Crippen LogP contribution in [0.15, 0.2) is 36.4 Å². The highest BCUT2D eigenvalue weighted by molar-refractivity contribution is 7.23. The van der Waals surface area contributed by atoms with Gasteiger partial charge in [-0.1, -0.05) is 30.3 Å². The maximum Gasteiger partial charge on any atom is 0.105 e. The summed E-state index contributed by atoms with van der Waals surface area (Å²) < 4.78 is 1.08. The van der Waals surface area contributed by atoms with Crippen LogP contribution >= 0.6 is 11.3 Å². The lowest BCUT2D eigenvalue weighted by molar-refractivity contribution is 1.52. The van der Waals surface area contributed by atoms with Crippen molar-refractivity contribution in [2.45, 2.75) is 0 Å². The van der Waals surface area contributed by atoms with E-state index in [1.165, 1.54) is 11.3 Å². The fourth-order valence-corrected chi connectivity index (χ4v) is 2.94. The molecular formula is C13H8N2S. The van der Waals surface area contributed by atoms with E-state index in [9.17, 15) is 0 Å². The predicted molar refractivity (Wildman–Crippen MR) is 68.5 cm³/mol. The van der Waals surface area contributed by atoms with Gasteiger partial charge in [-0.25, -0.2) is 0 Å². The van der Waals surface area contributed by atoms with E-state index < -0.39 is 0 Å². The molecule has 2 aromatic carbocycles. The molecule has 1 aromatic heterocycles. The highest BCUT2D eigenvalue weighted by atomic mass is 32.1. The highest BCUT2D eigenvalue weighted by Crippen LogP contribution is 2.37. The van der Waals surface area contributed by atoms with E-state index in [4.69, 9.17) is 11.0 Å². The molecule has 3 heteroatoms. The number of nitrogen functional groups attached to an aromatic ring is 1. The van der Waals surface area contributed by atoms with Crippen molar-refractivity contribution in [1.29, 1.82) is 5.26 Å². The number of nitriles is 1. The van der Waals surface area contributed by atoms with Crippen molar-refractivity contribution in [3.8, 4) is 6.07 Å². The van der Waals surface area contributed by atoms with Crippen LogP contribution in [0.1, 0.15) is 5.56 Å². The van der Waals surface area contributed by atoms with E-state index in [2.05, 4.69) is 12.1 Å². The van der Waals surface area contributed by atoms with Crippen LogP contribution in [-0.4, -0.2) is 0 Å². The summed E-state index contributed by atoms with van der Waals surface area (Å²) in [6.07, 6.45) is 0. The molecule has 16 heavy (non-hydrogen) atoms. The molecule has 3 rings (SSSR count). The van der Waals surface area contributed by atoms with Gasteiger partial charge in [0.1, 0.15) is 11.1 Å². The average Bonchev–Trinajstić information content (AvgIpc) is 2.65. The first-order valence-electron chi connectivity index (χ1n) is 4.91. The smallest absolute Gasteiger partial charge is 0.105 e. The quantitative estimate of drug-likeness (QED) is 0.635. The zero-order valence-electron chi connectivity index (χ0n) is 8.40. The first-order chi connectivity index (χ1) is 7.81. The van der Waals surface area contributed by atoms with Crippen LogP contribution in [0.25, 0.3) is 20.9 Å². The van der Waals surface area contributed by atoms with Crippen molar-refractivity contribution in [2.75, 3.05) is 5.73 Å². The van der Waals surface area contributed by atoms with Gasteiger partial charge in [0.05, 0.1) is 5.56 Å². The van der Waals surface area contributed by atoms with Crippen molar-refractivity contribution >= 4 is 37.2 Å². The maximum atomic E-state index is 9.14. The largest absolute Gasteiger partial charge is 0.389 e. The molecule has 1 heterocycles. The summed E-state index contributed by atoms with van der Waals surface area (Å²) in [7, 11) is 0. The minimum absolute atomic E-state index is 0.605. The SMILES string of the molecule is N#Cc1c(N)sc2ccc3ccccc3c12. The molecule has 0 saturated carbocycles. The van der Waals surface area contributed by atoms with Crippen LogP contribution in [0.5, 0.6) is 0 Å². The van der Waals surface area contributed by atoms with Crippen LogP contribution in [-0.2, 0) is 0 Å². The molecule has 0 unspecified atom stereocenters. The molecule has 0 aliphatic rings. The summed E-state index contributed by atoms with van der Waals surface area (Å²) in [5.41, 5.74) is 6.46.